The van der Waals surface area contributed by atoms with E-state index in [4.69, 9.17) is 75.2 Å². The van der Waals surface area contributed by atoms with Crippen molar-refractivity contribution >= 4 is 133 Å². The van der Waals surface area contributed by atoms with Crippen molar-refractivity contribution in [3.05, 3.63) is 324 Å². The summed E-state index contributed by atoms with van der Waals surface area (Å²) in [5, 5.41) is 15.7. The van der Waals surface area contributed by atoms with Gasteiger partial charge < -0.3 is 18.6 Å². The number of rotatable bonds is 48. The Labute approximate surface area is 902 Å². The third kappa shape index (κ3) is 34.4. The van der Waals surface area contributed by atoms with Crippen LogP contribution >= 0.6 is 22.6 Å². The van der Waals surface area contributed by atoms with Gasteiger partial charge in [0, 0.05) is 16.4 Å². The maximum Gasteiger partial charge on any atom is 0.338 e. The van der Waals surface area contributed by atoms with E-state index in [1.54, 1.807) is 116 Å². The van der Waals surface area contributed by atoms with E-state index in [2.05, 4.69) is 176 Å². The fourth-order valence-electron chi connectivity index (χ4n) is 17.9. The molecule has 12 atom stereocenters. The molecule has 0 radical (unpaired) electrons. The minimum absolute atomic E-state index is 0.0884. The first kappa shape index (κ1) is 120. The Morgan fingerprint density at radius 3 is 1.23 bits per heavy atom. The van der Waals surface area contributed by atoms with Crippen LogP contribution in [-0.2, 0) is 61.5 Å². The average molecular weight is 2330 g/mol. The maximum atomic E-state index is 17.8. The van der Waals surface area contributed by atoms with E-state index in [1.807, 2.05) is 155 Å². The Hall–Kier alpha value is -8.61. The molecule has 0 spiro atoms. The second-order valence-electron chi connectivity index (χ2n) is 42.4. The molecule has 147 heavy (non-hydrogen) atoms. The SMILES string of the molecule is COCOc1cc(OC)cc(C(CC[C@@H]2OC(C)(C)O[C@@H]2C(OC(=O)c2ccccc2)/C(F)=C\[C@H](C)[C@H](C)O[Si](c2ccccc2)(c2ccccc2)C(C)(C)C)[Se]c2ccccc2)c1C(=O)OCC[Si](C)(C)C.COCOc1cc(OC)cc(C[Se]c2ccccc2)c1[C@@H](O)OCC[Si](C)(C)C.C[C@H](/C=C(/F)C(OC(=O)c1ccccc1)[C@H]1OC(C)(C)OC1CCI)[C@@H](C)O[Si](c1ccccc1)(c1ccccc1)C(C)(C)C. The molecule has 0 aliphatic carbocycles. The van der Waals surface area contributed by atoms with Gasteiger partial charge in [-0.2, -0.15) is 0 Å². The normalized spacial score (nSPS) is 17.7. The number of carbonyl (C=O) groups is 3. The summed E-state index contributed by atoms with van der Waals surface area (Å²) >= 11 is 2.20. The van der Waals surface area contributed by atoms with Crippen molar-refractivity contribution in [3.63, 3.8) is 0 Å². The minimum Gasteiger partial charge on any atom is -0.449 e. The summed E-state index contributed by atoms with van der Waals surface area (Å²) < 4.78 is 135. The quantitative estimate of drug-likeness (QED) is 0.00935. The molecule has 0 saturated carbocycles. The molecule has 0 bridgehead atoms. The van der Waals surface area contributed by atoms with Crippen LogP contribution in [0.2, 0.25) is 61.4 Å². The average Bonchev–Trinajstić information content (AvgIpc) is 1.53. The van der Waals surface area contributed by atoms with E-state index in [1.165, 1.54) is 23.7 Å². The summed E-state index contributed by atoms with van der Waals surface area (Å²) in [4.78, 5) is 41.4. The largest absolute Gasteiger partial charge is 0.449 e. The van der Waals surface area contributed by atoms with E-state index >= 15 is 8.78 Å². The number of carbonyl (C=O) groups excluding carboxylic acids is 3. The van der Waals surface area contributed by atoms with E-state index in [9.17, 15) is 19.5 Å². The van der Waals surface area contributed by atoms with Gasteiger partial charge >= 0.3 is 534 Å². The summed E-state index contributed by atoms with van der Waals surface area (Å²) in [7, 11) is -2.42. The molecule has 2 fully saturated rings. The summed E-state index contributed by atoms with van der Waals surface area (Å²) in [6.07, 6.45) is -3.30. The first-order chi connectivity index (χ1) is 69.8. The topological polar surface area (TPSA) is 219 Å². The van der Waals surface area contributed by atoms with Gasteiger partial charge in [-0.15, -0.1) is 0 Å². The molecular formula is C118H153F2IO20Se2Si4. The van der Waals surface area contributed by atoms with Crippen molar-refractivity contribution in [2.75, 3.05) is 59.7 Å². The Kier molecular flexibility index (Phi) is 45.9. The number of aliphatic hydroxyl groups excluding tert-OH is 1. The second kappa shape index (κ2) is 56.1. The number of hydrogen-bond acceptors (Lipinski definition) is 20. The number of alkyl halides is 1. The van der Waals surface area contributed by atoms with Crippen molar-refractivity contribution in [1.82, 2.24) is 0 Å². The van der Waals surface area contributed by atoms with Gasteiger partial charge in [0.25, 0.3) is 8.32 Å². The number of benzene rings is 10. The fraction of sp³-hybridized carbons (Fsp3) is 0.432. The minimum atomic E-state index is -3.03. The molecular weight excluding hydrogens is 2170 g/mol. The third-order valence-corrected chi connectivity index (χ3v) is 45.0. The standard InChI is InChI=1S/C59H75FO10SeSi2.C37H46FIO5Si.C22H32O5SeSi/c1-41(42(2)70-73(58(3,4)5,46-29-21-15-22-30-46)47-31-23-16-24-32-47)37-49(60)54(67-56(61)43-25-17-13-18-26-43)55-50(68-59(6,7)69-55)33-34-52(71-45-27-19-14-20-28-45)48-38-44(64-9)39-51(66-40-63-8)53(48)57(62)65-35-36-72(10,11)12;1-26(27(2)44-45(36(3,4)5,29-19-13-9-14-20-29)30-21-15-10-16-22-30)25-31(38)33(41-35(40)28-17-11-8-12-18-28)34-32(23-24-39)42-37(6,7)43-34;1-24-16-27-20-14-18(25-2)13-17(15-28-19-9-7-6-8-10-19)21(20)22(23)26-11-12-29(3,4)5/h13-32,37-39,41-42,50,52,54-55H,33-36,40H2,1-12H3;8-22,25-27,32-34H,23-24H2,1-7H3;6-10,13-14,22-23H,11-12,15-16H2,1-5H3/b49-37+;31-25+;/t41-,42-,50-,52?,54?,55-;26-,27-,32?,33?,34+;22-/m010/s1. The van der Waals surface area contributed by atoms with Crippen LogP contribution in [0.1, 0.15) is 175 Å². The van der Waals surface area contributed by atoms with Crippen LogP contribution < -0.4 is 48.6 Å². The van der Waals surface area contributed by atoms with Gasteiger partial charge in [-0.25, -0.2) is 9.18 Å². The summed E-state index contributed by atoms with van der Waals surface area (Å²) in [5.74, 6) is -4.04. The molecule has 794 valence electrons. The number of ether oxygens (including phenoxy) is 14. The van der Waals surface area contributed by atoms with Crippen LogP contribution in [-0.4, -0.2) is 206 Å². The van der Waals surface area contributed by atoms with Gasteiger partial charge in [0.1, 0.15) is 11.9 Å². The molecule has 0 aromatic heterocycles. The van der Waals surface area contributed by atoms with Gasteiger partial charge in [-0.3, -0.25) is 0 Å². The summed E-state index contributed by atoms with van der Waals surface area (Å²) in [6.45, 7) is 42.6. The van der Waals surface area contributed by atoms with Crippen molar-refractivity contribution < 1.29 is 103 Å². The van der Waals surface area contributed by atoms with Crippen molar-refractivity contribution in [1.29, 1.82) is 0 Å². The van der Waals surface area contributed by atoms with E-state index in [-0.39, 0.29) is 88.3 Å². The van der Waals surface area contributed by atoms with E-state index < -0.39 is 129 Å². The molecule has 2 heterocycles. The molecule has 2 aliphatic rings. The van der Waals surface area contributed by atoms with Gasteiger partial charge in [-0.05, 0) is 76.2 Å². The molecule has 2 aliphatic heterocycles. The van der Waals surface area contributed by atoms with Crippen LogP contribution in [0.4, 0.5) is 8.78 Å². The monoisotopic (exact) mass is 2330 g/mol. The van der Waals surface area contributed by atoms with Gasteiger partial charge in [-0.1, -0.05) is 211 Å². The van der Waals surface area contributed by atoms with Gasteiger partial charge in [0.05, 0.1) is 11.7 Å². The van der Waals surface area contributed by atoms with Crippen LogP contribution in [0.25, 0.3) is 0 Å². The summed E-state index contributed by atoms with van der Waals surface area (Å²) in [5.41, 5.74) is 3.23. The maximum absolute atomic E-state index is 17.8. The number of esters is 3. The molecule has 10 aromatic carbocycles. The van der Waals surface area contributed by atoms with Crippen LogP contribution in [0.3, 0.4) is 0 Å². The zero-order valence-electron chi connectivity index (χ0n) is 89.9. The Bertz CT molecular complexity index is 5690. The second-order valence-corrected chi connectivity index (χ2v) is 68.1. The fourth-order valence-corrected chi connectivity index (χ4v) is 33.9. The molecule has 12 rings (SSSR count). The van der Waals surface area contributed by atoms with Crippen LogP contribution in [0.15, 0.2) is 291 Å². The summed E-state index contributed by atoms with van der Waals surface area (Å²) in [6, 6.07) is 88.2. The van der Waals surface area contributed by atoms with E-state index in [0.717, 1.165) is 52.6 Å². The zero-order chi connectivity index (χ0) is 107. The predicted octanol–water partition coefficient (Wildman–Crippen LogP) is 22.8. The van der Waals surface area contributed by atoms with E-state index in [0.29, 0.717) is 65.4 Å². The third-order valence-electron chi connectivity index (χ3n) is 25.7. The van der Waals surface area contributed by atoms with Crippen molar-refractivity contribution in [2.45, 2.75) is 254 Å². The smallest absolute Gasteiger partial charge is 0.338 e. The number of aliphatic hydroxyl groups is 1. The Morgan fingerprint density at radius 2 is 0.844 bits per heavy atom. The van der Waals surface area contributed by atoms with Crippen molar-refractivity contribution in [2.24, 2.45) is 11.8 Å². The number of halogens is 3. The first-order valence-electron chi connectivity index (χ1n) is 50.4. The van der Waals surface area contributed by atoms with Gasteiger partial charge in [0.2, 0.25) is 0 Å². The molecule has 29 heteroatoms. The zero-order valence-corrected chi connectivity index (χ0v) is 99.5. The molecule has 1 N–H and O–H groups in total. The van der Waals surface area contributed by atoms with Crippen LogP contribution in [0.5, 0.6) is 23.0 Å². The molecule has 20 nitrogen and oxygen atoms in total. The van der Waals surface area contributed by atoms with Gasteiger partial charge in [0.15, 0.2) is 11.9 Å². The Balaban J connectivity index is 0.000000252. The number of methoxy groups -OCH3 is 4. The Morgan fingerprint density at radius 1 is 0.476 bits per heavy atom. The number of hydrogen-bond donors (Lipinski definition) is 1. The molecule has 0 amide bonds. The predicted molar refractivity (Wildman–Crippen MR) is 603 cm³/mol. The van der Waals surface area contributed by atoms with Crippen molar-refractivity contribution in [3.8, 4) is 23.0 Å². The molecule has 10 aromatic rings. The molecule has 2 saturated heterocycles. The van der Waals surface area contributed by atoms with Crippen LogP contribution in [0, 0.1) is 11.8 Å². The first-order valence-corrected chi connectivity index (χ1v) is 67.1. The molecule has 4 unspecified atom stereocenters.